The summed E-state index contributed by atoms with van der Waals surface area (Å²) in [5, 5.41) is 3.10. The molecule has 4 nitrogen and oxygen atoms in total. The van der Waals surface area contributed by atoms with Gasteiger partial charge in [0, 0.05) is 11.7 Å². The number of likely N-dealkylation sites (tertiary alicyclic amines) is 1. The SMILES string of the molecule is CN1CCC(N(Cc2ccco2)C(=S)Nc2ccc(C(F)(F)F)c(Cl)c2)CC1. The van der Waals surface area contributed by atoms with E-state index < -0.39 is 11.7 Å². The Hall–Kier alpha value is -1.77. The molecule has 0 radical (unpaired) electrons. The molecule has 3 rings (SSSR count). The fourth-order valence-electron chi connectivity index (χ4n) is 3.26. The smallest absolute Gasteiger partial charge is 0.417 e. The molecule has 2 aromatic rings. The van der Waals surface area contributed by atoms with Crippen molar-refractivity contribution in [3.63, 3.8) is 0 Å². The third-order valence-corrected chi connectivity index (χ3v) is 5.47. The van der Waals surface area contributed by atoms with Crippen molar-refractivity contribution >= 4 is 34.6 Å². The predicted octanol–water partition coefficient (Wildman–Crippen LogP) is 5.25. The number of rotatable bonds is 4. The summed E-state index contributed by atoms with van der Waals surface area (Å²) in [5.74, 6) is 0.772. The molecule has 0 bridgehead atoms. The van der Waals surface area contributed by atoms with Crippen LogP contribution < -0.4 is 5.32 Å². The van der Waals surface area contributed by atoms with E-state index in [-0.39, 0.29) is 11.1 Å². The molecule has 1 aliphatic rings. The van der Waals surface area contributed by atoms with E-state index in [0.717, 1.165) is 37.8 Å². The van der Waals surface area contributed by atoms with Crippen LogP contribution in [0.15, 0.2) is 41.0 Å². The summed E-state index contributed by atoms with van der Waals surface area (Å²) >= 11 is 11.4. The van der Waals surface area contributed by atoms with E-state index in [1.54, 1.807) is 6.26 Å². The van der Waals surface area contributed by atoms with E-state index in [2.05, 4.69) is 17.3 Å². The van der Waals surface area contributed by atoms with Gasteiger partial charge < -0.3 is 19.5 Å². The highest BCUT2D eigenvalue weighted by Crippen LogP contribution is 2.36. The Morgan fingerprint density at radius 2 is 2.04 bits per heavy atom. The summed E-state index contributed by atoms with van der Waals surface area (Å²) < 4.78 is 44.2. The lowest BCUT2D eigenvalue weighted by molar-refractivity contribution is -0.137. The summed E-state index contributed by atoms with van der Waals surface area (Å²) in [6.45, 7) is 2.39. The molecule has 1 aliphatic heterocycles. The number of anilines is 1. The van der Waals surface area contributed by atoms with Gasteiger partial charge in [-0.2, -0.15) is 13.2 Å². The summed E-state index contributed by atoms with van der Waals surface area (Å²) in [6.07, 6.45) is -1.01. The summed E-state index contributed by atoms with van der Waals surface area (Å²) in [4.78, 5) is 4.29. The number of alkyl halides is 3. The second kappa shape index (κ2) is 8.71. The molecular weight excluding hydrogens is 411 g/mol. The Morgan fingerprint density at radius 3 is 2.61 bits per heavy atom. The first-order valence-electron chi connectivity index (χ1n) is 8.89. The van der Waals surface area contributed by atoms with Gasteiger partial charge in [-0.3, -0.25) is 0 Å². The van der Waals surface area contributed by atoms with Crippen molar-refractivity contribution in [1.82, 2.24) is 9.80 Å². The van der Waals surface area contributed by atoms with E-state index in [1.807, 2.05) is 17.0 Å². The van der Waals surface area contributed by atoms with Gasteiger partial charge in [0.05, 0.1) is 23.4 Å². The average molecular weight is 432 g/mol. The number of piperidine rings is 1. The lowest BCUT2D eigenvalue weighted by Gasteiger charge is -2.38. The number of nitrogens with zero attached hydrogens (tertiary/aromatic N) is 2. The normalized spacial score (nSPS) is 16.2. The summed E-state index contributed by atoms with van der Waals surface area (Å²) in [5.41, 5.74) is -0.450. The number of hydrogen-bond acceptors (Lipinski definition) is 3. The molecule has 1 N–H and O–H groups in total. The van der Waals surface area contributed by atoms with Crippen molar-refractivity contribution in [2.24, 2.45) is 0 Å². The monoisotopic (exact) mass is 431 g/mol. The van der Waals surface area contributed by atoms with Crippen molar-refractivity contribution in [3.8, 4) is 0 Å². The lowest BCUT2D eigenvalue weighted by atomic mass is 10.0. The largest absolute Gasteiger partial charge is 0.467 e. The molecule has 0 amide bonds. The zero-order valence-electron chi connectivity index (χ0n) is 15.3. The maximum Gasteiger partial charge on any atom is 0.417 e. The van der Waals surface area contributed by atoms with Crippen LogP contribution in [-0.4, -0.2) is 41.1 Å². The van der Waals surface area contributed by atoms with Crippen LogP contribution in [0, 0.1) is 0 Å². The van der Waals surface area contributed by atoms with Gasteiger partial charge in [0.25, 0.3) is 0 Å². The van der Waals surface area contributed by atoms with Gasteiger partial charge in [-0.05, 0) is 75.5 Å². The summed E-state index contributed by atoms with van der Waals surface area (Å²) in [6, 6.07) is 7.44. The first-order chi connectivity index (χ1) is 13.2. The third kappa shape index (κ3) is 5.18. The first-order valence-corrected chi connectivity index (χ1v) is 9.68. The maximum atomic E-state index is 12.9. The molecule has 1 aromatic heterocycles. The zero-order valence-corrected chi connectivity index (χ0v) is 16.9. The van der Waals surface area contributed by atoms with Gasteiger partial charge in [0.15, 0.2) is 5.11 Å². The molecule has 2 heterocycles. The highest BCUT2D eigenvalue weighted by Gasteiger charge is 2.33. The molecule has 1 fully saturated rings. The molecule has 0 atom stereocenters. The van der Waals surface area contributed by atoms with Crippen molar-refractivity contribution in [1.29, 1.82) is 0 Å². The third-order valence-electron chi connectivity index (χ3n) is 4.82. The standard InChI is InChI=1S/C19H21ClF3N3OS/c1-25-8-6-14(7-9-25)26(12-15-3-2-10-27-15)18(28)24-13-4-5-16(17(20)11-13)19(21,22)23/h2-5,10-11,14H,6-9,12H2,1H3,(H,24,28). The molecule has 0 saturated carbocycles. The molecular formula is C19H21ClF3N3OS. The Balaban J connectivity index is 1.76. The van der Waals surface area contributed by atoms with Gasteiger partial charge >= 0.3 is 6.18 Å². The fourth-order valence-corrected chi connectivity index (χ4v) is 3.88. The van der Waals surface area contributed by atoms with E-state index in [4.69, 9.17) is 28.2 Å². The molecule has 1 saturated heterocycles. The minimum Gasteiger partial charge on any atom is -0.467 e. The Kier molecular flexibility index (Phi) is 6.52. The molecule has 0 unspecified atom stereocenters. The highest BCUT2D eigenvalue weighted by atomic mass is 35.5. The second-order valence-corrected chi connectivity index (χ2v) is 7.66. The maximum absolute atomic E-state index is 12.9. The van der Waals surface area contributed by atoms with Crippen molar-refractivity contribution < 1.29 is 17.6 Å². The molecule has 152 valence electrons. The minimum atomic E-state index is -4.49. The minimum absolute atomic E-state index is 0.214. The zero-order chi connectivity index (χ0) is 20.3. The Morgan fingerprint density at radius 1 is 1.32 bits per heavy atom. The van der Waals surface area contributed by atoms with Gasteiger partial charge in [-0.25, -0.2) is 0 Å². The second-order valence-electron chi connectivity index (χ2n) is 6.86. The van der Waals surface area contributed by atoms with Crippen LogP contribution in [0.4, 0.5) is 18.9 Å². The van der Waals surface area contributed by atoms with Crippen LogP contribution in [0.5, 0.6) is 0 Å². The van der Waals surface area contributed by atoms with E-state index >= 15 is 0 Å². The Labute approximate surface area is 172 Å². The first kappa shape index (κ1) is 21.0. The van der Waals surface area contributed by atoms with E-state index in [0.29, 0.717) is 17.3 Å². The number of hydrogen-bond donors (Lipinski definition) is 1. The quantitative estimate of drug-likeness (QED) is 0.669. The molecule has 28 heavy (non-hydrogen) atoms. The highest BCUT2D eigenvalue weighted by molar-refractivity contribution is 7.80. The van der Waals surface area contributed by atoms with Crippen LogP contribution in [0.3, 0.4) is 0 Å². The van der Waals surface area contributed by atoms with E-state index in [1.165, 1.54) is 12.1 Å². The fraction of sp³-hybridized carbons (Fsp3) is 0.421. The van der Waals surface area contributed by atoms with Crippen molar-refractivity contribution in [2.75, 3.05) is 25.5 Å². The predicted molar refractivity (Wildman–Crippen MR) is 107 cm³/mol. The average Bonchev–Trinajstić information content (AvgIpc) is 3.12. The van der Waals surface area contributed by atoms with Crippen molar-refractivity contribution in [2.45, 2.75) is 31.6 Å². The van der Waals surface area contributed by atoms with Gasteiger partial charge in [0.1, 0.15) is 5.76 Å². The van der Waals surface area contributed by atoms with Gasteiger partial charge in [-0.1, -0.05) is 11.6 Å². The Bertz CT molecular complexity index is 805. The van der Waals surface area contributed by atoms with Crippen LogP contribution in [0.2, 0.25) is 5.02 Å². The van der Waals surface area contributed by atoms with Crippen molar-refractivity contribution in [3.05, 3.63) is 52.9 Å². The number of furan rings is 1. The topological polar surface area (TPSA) is 31.6 Å². The van der Waals surface area contributed by atoms with Gasteiger partial charge in [-0.15, -0.1) is 0 Å². The van der Waals surface area contributed by atoms with E-state index in [9.17, 15) is 13.2 Å². The molecule has 0 spiro atoms. The number of halogens is 4. The van der Waals surface area contributed by atoms with Crippen LogP contribution in [-0.2, 0) is 12.7 Å². The molecule has 9 heteroatoms. The number of thiocarbonyl (C=S) groups is 1. The number of nitrogens with one attached hydrogen (secondary N) is 1. The molecule has 0 aliphatic carbocycles. The van der Waals surface area contributed by atoms with Gasteiger partial charge in [0.2, 0.25) is 0 Å². The summed E-state index contributed by atoms with van der Waals surface area (Å²) in [7, 11) is 2.08. The van der Waals surface area contributed by atoms with Crippen LogP contribution in [0.1, 0.15) is 24.2 Å². The lowest BCUT2D eigenvalue weighted by Crippen LogP contribution is -2.47. The van der Waals surface area contributed by atoms with Crippen LogP contribution in [0.25, 0.3) is 0 Å². The number of benzene rings is 1. The molecule has 1 aromatic carbocycles. The van der Waals surface area contributed by atoms with Crippen LogP contribution >= 0.6 is 23.8 Å².